The molecule has 0 aromatic carbocycles. The van der Waals surface area contributed by atoms with E-state index >= 15 is 0 Å². The van der Waals surface area contributed by atoms with E-state index in [0.29, 0.717) is 13.2 Å². The molecule has 0 aromatic heterocycles. The number of hydrogen-bond acceptors (Lipinski definition) is 2. The van der Waals surface area contributed by atoms with Gasteiger partial charge in [0.25, 0.3) is 0 Å². The van der Waals surface area contributed by atoms with Gasteiger partial charge in [0.1, 0.15) is 0 Å². The topological polar surface area (TPSA) is 29.5 Å². The molecule has 0 bridgehead atoms. The van der Waals surface area contributed by atoms with Gasteiger partial charge in [0.15, 0.2) is 0 Å². The van der Waals surface area contributed by atoms with Gasteiger partial charge >= 0.3 is 0 Å². The van der Waals surface area contributed by atoms with Crippen molar-refractivity contribution >= 4 is 5.91 Å². The number of likely N-dealkylation sites (N-methyl/N-ethyl adjacent to an activating group) is 1. The Morgan fingerprint density at radius 1 is 1.75 bits per heavy atom. The zero-order chi connectivity index (χ0) is 9.14. The second-order valence-electron chi connectivity index (χ2n) is 3.16. The van der Waals surface area contributed by atoms with Crippen LogP contribution in [0.4, 0.5) is 0 Å². The van der Waals surface area contributed by atoms with Crippen molar-refractivity contribution in [3.63, 3.8) is 0 Å². The monoisotopic (exact) mass is 169 g/mol. The first-order valence-electron chi connectivity index (χ1n) is 4.13. The van der Waals surface area contributed by atoms with E-state index in [4.69, 9.17) is 4.74 Å². The molecule has 1 rings (SSSR count). The van der Waals surface area contributed by atoms with Crippen molar-refractivity contribution in [3.05, 3.63) is 12.7 Å². The van der Waals surface area contributed by atoms with Gasteiger partial charge in [0, 0.05) is 7.05 Å². The zero-order valence-corrected chi connectivity index (χ0v) is 7.62. The summed E-state index contributed by atoms with van der Waals surface area (Å²) >= 11 is 0. The van der Waals surface area contributed by atoms with Crippen LogP contribution in [0.2, 0.25) is 0 Å². The molecule has 0 aliphatic carbocycles. The van der Waals surface area contributed by atoms with Crippen LogP contribution in [0, 0.1) is 5.92 Å². The molecule has 1 atom stereocenters. The second-order valence-corrected chi connectivity index (χ2v) is 3.16. The number of amides is 1. The van der Waals surface area contributed by atoms with E-state index in [9.17, 15) is 4.79 Å². The Morgan fingerprint density at radius 2 is 2.33 bits per heavy atom. The number of carbonyl (C=O) groups excluding carboxylic acids is 1. The van der Waals surface area contributed by atoms with E-state index in [2.05, 4.69) is 6.58 Å². The van der Waals surface area contributed by atoms with Gasteiger partial charge in [-0.15, -0.1) is 6.58 Å². The number of ether oxygens (including phenoxy) is 1. The molecular weight excluding hydrogens is 154 g/mol. The summed E-state index contributed by atoms with van der Waals surface area (Å²) in [4.78, 5) is 13.3. The minimum Gasteiger partial charge on any atom is -0.377 e. The third kappa shape index (κ3) is 1.67. The fraction of sp³-hybridized carbons (Fsp3) is 0.667. The highest BCUT2D eigenvalue weighted by atomic mass is 16.5. The zero-order valence-electron chi connectivity index (χ0n) is 7.62. The minimum atomic E-state index is -0.0874. The van der Waals surface area contributed by atoms with Crippen molar-refractivity contribution < 1.29 is 9.53 Å². The summed E-state index contributed by atoms with van der Waals surface area (Å²) in [5, 5.41) is 0. The quantitative estimate of drug-likeness (QED) is 0.581. The maximum atomic E-state index is 11.5. The average molecular weight is 169 g/mol. The summed E-state index contributed by atoms with van der Waals surface area (Å²) in [7, 11) is 1.82. The summed E-state index contributed by atoms with van der Waals surface area (Å²) in [6.45, 7) is 6.79. The first kappa shape index (κ1) is 9.26. The predicted molar refractivity (Wildman–Crippen MR) is 46.7 cm³/mol. The van der Waals surface area contributed by atoms with Crippen LogP contribution in [0.15, 0.2) is 12.7 Å². The van der Waals surface area contributed by atoms with E-state index in [-0.39, 0.29) is 17.9 Å². The molecule has 12 heavy (non-hydrogen) atoms. The van der Waals surface area contributed by atoms with Crippen LogP contribution >= 0.6 is 0 Å². The standard InChI is InChI=1S/C9H15NO2/c1-4-7(2)9(11)10(3)8-5-12-6-8/h4,7-8H,1,5-6H2,2-3H3/t7-/m1/s1. The molecule has 1 fully saturated rings. The largest absolute Gasteiger partial charge is 0.377 e. The summed E-state index contributed by atoms with van der Waals surface area (Å²) in [5.41, 5.74) is 0. The number of carbonyl (C=O) groups is 1. The lowest BCUT2D eigenvalue weighted by Crippen LogP contribution is -2.50. The molecule has 0 radical (unpaired) electrons. The Bertz CT molecular complexity index is 187. The van der Waals surface area contributed by atoms with Gasteiger partial charge in [0.2, 0.25) is 5.91 Å². The van der Waals surface area contributed by atoms with E-state index in [0.717, 1.165) is 0 Å². The van der Waals surface area contributed by atoms with Crippen molar-refractivity contribution in [2.45, 2.75) is 13.0 Å². The molecule has 68 valence electrons. The fourth-order valence-electron chi connectivity index (χ4n) is 1.05. The average Bonchev–Trinajstić information content (AvgIpc) is 1.98. The molecule has 1 amide bonds. The molecule has 1 aliphatic heterocycles. The summed E-state index contributed by atoms with van der Waals surface area (Å²) in [6.07, 6.45) is 1.67. The van der Waals surface area contributed by atoms with Gasteiger partial charge in [-0.3, -0.25) is 4.79 Å². The van der Waals surface area contributed by atoms with Crippen LogP contribution in [0.3, 0.4) is 0 Å². The van der Waals surface area contributed by atoms with Crippen LogP contribution in [-0.2, 0) is 9.53 Å². The summed E-state index contributed by atoms with van der Waals surface area (Å²) < 4.78 is 5.00. The Morgan fingerprint density at radius 3 is 2.67 bits per heavy atom. The molecule has 0 saturated carbocycles. The van der Waals surface area contributed by atoms with Crippen molar-refractivity contribution in [2.24, 2.45) is 5.92 Å². The maximum Gasteiger partial charge on any atom is 0.229 e. The fourth-order valence-corrected chi connectivity index (χ4v) is 1.05. The number of nitrogens with zero attached hydrogens (tertiary/aromatic N) is 1. The Kier molecular flexibility index (Phi) is 2.87. The normalized spacial score (nSPS) is 19.5. The van der Waals surface area contributed by atoms with Crippen molar-refractivity contribution in [3.8, 4) is 0 Å². The molecule has 1 aliphatic rings. The molecule has 0 spiro atoms. The Hall–Kier alpha value is -0.830. The number of hydrogen-bond donors (Lipinski definition) is 0. The van der Waals surface area contributed by atoms with Crippen molar-refractivity contribution in [1.29, 1.82) is 0 Å². The van der Waals surface area contributed by atoms with Gasteiger partial charge < -0.3 is 9.64 Å². The van der Waals surface area contributed by atoms with Crippen LogP contribution in [0.1, 0.15) is 6.92 Å². The van der Waals surface area contributed by atoms with Gasteiger partial charge in [0.05, 0.1) is 25.2 Å². The van der Waals surface area contributed by atoms with E-state index in [1.807, 2.05) is 14.0 Å². The number of rotatable bonds is 3. The van der Waals surface area contributed by atoms with Gasteiger partial charge in [-0.2, -0.15) is 0 Å². The third-order valence-corrected chi connectivity index (χ3v) is 2.26. The third-order valence-electron chi connectivity index (χ3n) is 2.26. The van der Waals surface area contributed by atoms with Crippen LogP contribution in [-0.4, -0.2) is 37.1 Å². The first-order chi connectivity index (χ1) is 5.66. The summed E-state index contributed by atoms with van der Waals surface area (Å²) in [6, 6.07) is 0.278. The van der Waals surface area contributed by atoms with Crippen LogP contribution < -0.4 is 0 Å². The predicted octanol–water partition coefficient (Wildman–Crippen LogP) is 0.666. The Balaban J connectivity index is 2.44. The van der Waals surface area contributed by atoms with Crippen LogP contribution in [0.5, 0.6) is 0 Å². The highest BCUT2D eigenvalue weighted by Gasteiger charge is 2.28. The van der Waals surface area contributed by atoms with E-state index in [1.165, 1.54) is 0 Å². The molecule has 0 unspecified atom stereocenters. The smallest absolute Gasteiger partial charge is 0.229 e. The van der Waals surface area contributed by atoms with Gasteiger partial charge in [-0.25, -0.2) is 0 Å². The molecular formula is C9H15NO2. The Labute approximate surface area is 73.0 Å². The van der Waals surface area contributed by atoms with E-state index < -0.39 is 0 Å². The molecule has 0 aromatic rings. The summed E-state index contributed by atoms with van der Waals surface area (Å²) in [5.74, 6) is 0.0360. The maximum absolute atomic E-state index is 11.5. The van der Waals surface area contributed by atoms with Crippen molar-refractivity contribution in [2.75, 3.05) is 20.3 Å². The first-order valence-corrected chi connectivity index (χ1v) is 4.13. The molecule has 3 nitrogen and oxygen atoms in total. The highest BCUT2D eigenvalue weighted by Crippen LogP contribution is 2.11. The van der Waals surface area contributed by atoms with Gasteiger partial charge in [-0.05, 0) is 0 Å². The molecule has 3 heteroatoms. The molecule has 1 saturated heterocycles. The van der Waals surface area contributed by atoms with Gasteiger partial charge in [-0.1, -0.05) is 13.0 Å². The van der Waals surface area contributed by atoms with E-state index in [1.54, 1.807) is 11.0 Å². The minimum absolute atomic E-state index is 0.0874. The van der Waals surface area contributed by atoms with Crippen LogP contribution in [0.25, 0.3) is 0 Å². The second kappa shape index (κ2) is 3.72. The lowest BCUT2D eigenvalue weighted by atomic mass is 10.1. The lowest BCUT2D eigenvalue weighted by molar-refractivity contribution is -0.143. The molecule has 0 N–H and O–H groups in total. The molecule has 1 heterocycles. The SMILES string of the molecule is C=C[C@@H](C)C(=O)N(C)C1COC1. The highest BCUT2D eigenvalue weighted by molar-refractivity contribution is 5.80. The van der Waals surface area contributed by atoms with Crippen molar-refractivity contribution in [1.82, 2.24) is 4.90 Å². The lowest BCUT2D eigenvalue weighted by Gasteiger charge is -2.35.